The van der Waals surface area contributed by atoms with Gasteiger partial charge in [-0.2, -0.15) is 0 Å². The maximum atomic E-state index is 5.56. The quantitative estimate of drug-likeness (QED) is 0.168. The average Bonchev–Trinajstić information content (AvgIpc) is 3.89. The molecule has 1 aromatic heterocycles. The normalized spacial score (nSPS) is 14.6. The van der Waals surface area contributed by atoms with Crippen LogP contribution in [-0.2, 0) is 0 Å². The van der Waals surface area contributed by atoms with Crippen LogP contribution in [0.4, 0.5) is 0 Å². The second-order valence-electron chi connectivity index (χ2n) is 17.1. The molecular formula is C61H39N3. The van der Waals surface area contributed by atoms with Gasteiger partial charge in [-0.25, -0.2) is 15.0 Å². The van der Waals surface area contributed by atoms with Gasteiger partial charge < -0.3 is 0 Å². The minimum Gasteiger partial charge on any atom is -0.212 e. The molecule has 0 fully saturated rings. The van der Waals surface area contributed by atoms with Gasteiger partial charge >= 0.3 is 0 Å². The van der Waals surface area contributed by atoms with Gasteiger partial charge in [0.25, 0.3) is 0 Å². The minimum absolute atomic E-state index is 0.0669. The summed E-state index contributed by atoms with van der Waals surface area (Å²) in [5, 5.41) is 4.87. The zero-order valence-electron chi connectivity index (χ0n) is 34.9. The zero-order chi connectivity index (χ0) is 42.1. The van der Waals surface area contributed by atoms with Gasteiger partial charge in [-0.1, -0.05) is 200 Å². The van der Waals surface area contributed by atoms with Crippen molar-refractivity contribution in [3.63, 3.8) is 0 Å². The first-order chi connectivity index (χ1) is 31.7. The van der Waals surface area contributed by atoms with Crippen LogP contribution in [-0.4, -0.2) is 15.0 Å². The molecule has 13 rings (SSSR count). The molecule has 0 N–H and O–H groups in total. The Morgan fingerprint density at radius 3 is 1.27 bits per heavy atom. The van der Waals surface area contributed by atoms with E-state index in [4.69, 9.17) is 15.0 Å². The second-order valence-corrected chi connectivity index (χ2v) is 17.1. The summed E-state index contributed by atoms with van der Waals surface area (Å²) in [5.41, 5.74) is 17.9. The van der Waals surface area contributed by atoms with E-state index in [2.05, 4.69) is 224 Å². The van der Waals surface area contributed by atoms with Crippen molar-refractivity contribution in [2.45, 2.75) is 11.8 Å². The molecule has 298 valence electrons. The summed E-state index contributed by atoms with van der Waals surface area (Å²) >= 11 is 0. The first-order valence-electron chi connectivity index (χ1n) is 22.1. The van der Waals surface area contributed by atoms with Gasteiger partial charge in [0, 0.05) is 17.0 Å². The highest BCUT2D eigenvalue weighted by Gasteiger charge is 2.41. The minimum atomic E-state index is -0.227. The van der Waals surface area contributed by atoms with Crippen LogP contribution in [0.15, 0.2) is 224 Å². The fourth-order valence-electron chi connectivity index (χ4n) is 10.5. The van der Waals surface area contributed by atoms with Gasteiger partial charge in [-0.15, -0.1) is 0 Å². The van der Waals surface area contributed by atoms with E-state index in [0.29, 0.717) is 11.6 Å². The predicted molar refractivity (Wildman–Crippen MR) is 262 cm³/mol. The van der Waals surface area contributed by atoms with Gasteiger partial charge in [0.05, 0.1) is 5.92 Å². The standard InChI is InChI=1S/C61H39N3/c1-2-16-40(17-3-1)55-51-26-10-8-24-49(51)53-32-33-54-50-25-9-11-27-52(50)58(57(54)56(53)55)61-63-59(47-22-12-20-43(36-47)45-30-28-38-14-4-6-18-41(38)34-45)62-60(64-61)48-23-13-21-44(37-48)46-31-29-39-15-5-7-19-42(39)35-46/h1-37,55,58H. The lowest BCUT2D eigenvalue weighted by Crippen LogP contribution is -2.12. The van der Waals surface area contributed by atoms with Crippen molar-refractivity contribution < 1.29 is 0 Å². The van der Waals surface area contributed by atoms with Gasteiger partial charge in [-0.05, 0) is 118 Å². The molecule has 0 amide bonds. The number of rotatable bonds is 6. The first-order valence-corrected chi connectivity index (χ1v) is 22.1. The van der Waals surface area contributed by atoms with Crippen LogP contribution in [0.3, 0.4) is 0 Å². The molecule has 0 bridgehead atoms. The first kappa shape index (κ1) is 36.4. The lowest BCUT2D eigenvalue weighted by molar-refractivity contribution is 0.839. The highest BCUT2D eigenvalue weighted by molar-refractivity contribution is 5.92. The number of benzene rings is 10. The Bertz CT molecular complexity index is 3500. The molecule has 2 atom stereocenters. The molecule has 2 aliphatic carbocycles. The van der Waals surface area contributed by atoms with Crippen molar-refractivity contribution in [3.05, 3.63) is 258 Å². The van der Waals surface area contributed by atoms with Crippen molar-refractivity contribution in [2.75, 3.05) is 0 Å². The molecular weight excluding hydrogens is 775 g/mol. The maximum absolute atomic E-state index is 5.56. The molecule has 10 aromatic carbocycles. The monoisotopic (exact) mass is 813 g/mol. The largest absolute Gasteiger partial charge is 0.212 e. The van der Waals surface area contributed by atoms with Crippen LogP contribution in [0.1, 0.15) is 45.5 Å². The molecule has 1 heterocycles. The van der Waals surface area contributed by atoms with Crippen molar-refractivity contribution in [1.29, 1.82) is 0 Å². The van der Waals surface area contributed by atoms with Gasteiger partial charge in [0.2, 0.25) is 0 Å². The molecule has 11 aromatic rings. The van der Waals surface area contributed by atoms with E-state index in [0.717, 1.165) is 39.2 Å². The average molecular weight is 814 g/mol. The van der Waals surface area contributed by atoms with E-state index < -0.39 is 0 Å². The molecule has 0 aliphatic heterocycles. The topological polar surface area (TPSA) is 38.7 Å². The third-order valence-electron chi connectivity index (χ3n) is 13.4. The molecule has 2 unspecified atom stereocenters. The zero-order valence-corrected chi connectivity index (χ0v) is 34.9. The maximum Gasteiger partial charge on any atom is 0.163 e. The number of aromatic nitrogens is 3. The lowest BCUT2D eigenvalue weighted by Gasteiger charge is -2.22. The van der Waals surface area contributed by atoms with E-state index in [-0.39, 0.29) is 11.8 Å². The fourth-order valence-corrected chi connectivity index (χ4v) is 10.5. The number of nitrogens with zero attached hydrogens (tertiary/aromatic N) is 3. The fraction of sp³-hybridized carbons (Fsp3) is 0.0328. The molecule has 0 saturated carbocycles. The highest BCUT2D eigenvalue weighted by Crippen LogP contribution is 2.58. The van der Waals surface area contributed by atoms with Gasteiger partial charge in [0.1, 0.15) is 5.82 Å². The van der Waals surface area contributed by atoms with Crippen LogP contribution in [0, 0.1) is 0 Å². The van der Waals surface area contributed by atoms with Crippen LogP contribution in [0.2, 0.25) is 0 Å². The van der Waals surface area contributed by atoms with Crippen LogP contribution >= 0.6 is 0 Å². The van der Waals surface area contributed by atoms with E-state index in [1.807, 2.05) is 0 Å². The van der Waals surface area contributed by atoms with E-state index in [1.54, 1.807) is 0 Å². The van der Waals surface area contributed by atoms with Crippen molar-refractivity contribution in [3.8, 4) is 67.3 Å². The number of hydrogen-bond acceptors (Lipinski definition) is 3. The third kappa shape index (κ3) is 5.93. The second kappa shape index (κ2) is 14.7. The van der Waals surface area contributed by atoms with Crippen LogP contribution in [0.5, 0.6) is 0 Å². The SMILES string of the molecule is c1ccc(C2c3ccccc3-c3ccc4c(c32)C(c2nc(-c3cccc(-c5ccc6ccccc6c5)c3)nc(-c3cccc(-c5ccc6ccccc6c5)c3)n2)c2ccccc2-4)cc1. The number of hydrogen-bond donors (Lipinski definition) is 0. The Hall–Kier alpha value is -8.27. The van der Waals surface area contributed by atoms with E-state index >= 15 is 0 Å². The Morgan fingerprint density at radius 1 is 0.266 bits per heavy atom. The molecule has 0 saturated heterocycles. The summed E-state index contributed by atoms with van der Waals surface area (Å²) in [5.74, 6) is 1.89. The summed E-state index contributed by atoms with van der Waals surface area (Å²) in [4.78, 5) is 16.5. The predicted octanol–water partition coefficient (Wildman–Crippen LogP) is 15.2. The molecule has 3 nitrogen and oxygen atoms in total. The molecule has 0 spiro atoms. The Kier molecular flexibility index (Phi) is 8.35. The Labute approximate surface area is 372 Å². The van der Waals surface area contributed by atoms with E-state index in [9.17, 15) is 0 Å². The van der Waals surface area contributed by atoms with Crippen molar-refractivity contribution in [2.24, 2.45) is 0 Å². The molecule has 0 radical (unpaired) electrons. The summed E-state index contributed by atoms with van der Waals surface area (Å²) in [7, 11) is 0. The third-order valence-corrected chi connectivity index (χ3v) is 13.4. The van der Waals surface area contributed by atoms with Crippen molar-refractivity contribution in [1.82, 2.24) is 15.0 Å². The van der Waals surface area contributed by atoms with Crippen molar-refractivity contribution >= 4 is 21.5 Å². The Morgan fingerprint density at radius 2 is 0.703 bits per heavy atom. The molecule has 3 heteroatoms. The lowest BCUT2D eigenvalue weighted by atomic mass is 9.82. The van der Waals surface area contributed by atoms with E-state index in [1.165, 1.54) is 71.6 Å². The Balaban J connectivity index is 1.03. The summed E-state index contributed by atoms with van der Waals surface area (Å²) in [6.45, 7) is 0. The van der Waals surface area contributed by atoms with Gasteiger partial charge in [-0.3, -0.25) is 0 Å². The highest BCUT2D eigenvalue weighted by atomic mass is 15.0. The summed E-state index contributed by atoms with van der Waals surface area (Å²) in [6, 6.07) is 81.2. The van der Waals surface area contributed by atoms with Crippen LogP contribution in [0.25, 0.3) is 88.8 Å². The van der Waals surface area contributed by atoms with Crippen LogP contribution < -0.4 is 0 Å². The number of fused-ring (bicyclic) bond motifs is 9. The molecule has 64 heavy (non-hydrogen) atoms. The summed E-state index contributed by atoms with van der Waals surface area (Å²) < 4.78 is 0. The van der Waals surface area contributed by atoms with Gasteiger partial charge in [0.15, 0.2) is 11.6 Å². The molecule has 2 aliphatic rings. The smallest absolute Gasteiger partial charge is 0.163 e. The summed E-state index contributed by atoms with van der Waals surface area (Å²) in [6.07, 6.45) is 0.